The summed E-state index contributed by atoms with van der Waals surface area (Å²) in [5.41, 5.74) is 1.37. The number of para-hydroxylation sites is 1. The molecule has 6 nitrogen and oxygen atoms in total. The number of aromatic carboxylic acids is 1. The molecule has 0 aliphatic carbocycles. The predicted molar refractivity (Wildman–Crippen MR) is 77.7 cm³/mol. The lowest BCUT2D eigenvalue weighted by Crippen LogP contribution is -2.19. The van der Waals surface area contributed by atoms with Crippen LogP contribution in [0.5, 0.6) is 0 Å². The lowest BCUT2D eigenvalue weighted by molar-refractivity contribution is 0.0683. The van der Waals surface area contributed by atoms with Gasteiger partial charge in [-0.3, -0.25) is 0 Å². The third-order valence-corrected chi connectivity index (χ3v) is 2.99. The highest BCUT2D eigenvalue weighted by atomic mass is 16.5. The van der Waals surface area contributed by atoms with Crippen LogP contribution < -0.4 is 0 Å². The van der Waals surface area contributed by atoms with E-state index in [0.29, 0.717) is 12.4 Å². The topological polar surface area (TPSA) is 77.2 Å². The van der Waals surface area contributed by atoms with Crippen LogP contribution in [0.25, 0.3) is 5.69 Å². The van der Waals surface area contributed by atoms with Gasteiger partial charge in [0.1, 0.15) is 5.82 Å². The molecule has 0 saturated carbocycles. The average Bonchev–Trinajstić information content (AvgIpc) is 2.85. The summed E-state index contributed by atoms with van der Waals surface area (Å²) in [5.74, 6) is -0.737. The van der Waals surface area contributed by atoms with Crippen molar-refractivity contribution in [3.63, 3.8) is 0 Å². The van der Waals surface area contributed by atoms with Gasteiger partial charge in [-0.1, -0.05) is 39.0 Å². The van der Waals surface area contributed by atoms with Crippen molar-refractivity contribution in [1.29, 1.82) is 0 Å². The molecule has 21 heavy (non-hydrogen) atoms. The summed E-state index contributed by atoms with van der Waals surface area (Å²) >= 11 is 0. The predicted octanol–water partition coefficient (Wildman–Crippen LogP) is 2.41. The Morgan fingerprint density at radius 1 is 1.33 bits per heavy atom. The van der Waals surface area contributed by atoms with Crippen LogP contribution in [0.15, 0.2) is 24.3 Å². The molecule has 0 radical (unpaired) electrons. The second-order valence-electron chi connectivity index (χ2n) is 5.79. The zero-order valence-corrected chi connectivity index (χ0v) is 12.6. The minimum Gasteiger partial charge on any atom is -0.475 e. The molecule has 0 aliphatic rings. The minimum atomic E-state index is -1.14. The molecule has 1 N–H and O–H groups in total. The zero-order chi connectivity index (χ0) is 15.6. The van der Waals surface area contributed by atoms with E-state index in [4.69, 9.17) is 9.84 Å². The van der Waals surface area contributed by atoms with E-state index < -0.39 is 5.97 Å². The molecule has 0 atom stereocenters. The van der Waals surface area contributed by atoms with Crippen molar-refractivity contribution in [2.24, 2.45) is 0 Å². The molecular weight excluding hydrogens is 270 g/mol. The van der Waals surface area contributed by atoms with E-state index >= 15 is 0 Å². The number of nitrogens with zero attached hydrogens (tertiary/aromatic N) is 3. The lowest BCUT2D eigenvalue weighted by Gasteiger charge is -2.19. The van der Waals surface area contributed by atoms with E-state index in [-0.39, 0.29) is 11.2 Å². The second-order valence-corrected chi connectivity index (χ2v) is 5.79. The van der Waals surface area contributed by atoms with Gasteiger partial charge in [-0.15, -0.1) is 5.10 Å². The van der Waals surface area contributed by atoms with Crippen LogP contribution in [0.4, 0.5) is 0 Å². The van der Waals surface area contributed by atoms with Gasteiger partial charge >= 0.3 is 5.97 Å². The fourth-order valence-corrected chi connectivity index (χ4v) is 2.05. The standard InChI is InChI=1S/C15H19N3O3/c1-15(2,3)14-16-12(13(19)20)17-18(14)11-8-6-5-7-10(11)9-21-4/h5-8H,9H2,1-4H3,(H,19,20). The van der Waals surface area contributed by atoms with E-state index in [0.717, 1.165) is 11.3 Å². The van der Waals surface area contributed by atoms with Crippen LogP contribution in [-0.2, 0) is 16.8 Å². The summed E-state index contributed by atoms with van der Waals surface area (Å²) in [5, 5.41) is 13.3. The smallest absolute Gasteiger partial charge is 0.375 e. The Labute approximate surface area is 123 Å². The van der Waals surface area contributed by atoms with E-state index in [9.17, 15) is 4.79 Å². The van der Waals surface area contributed by atoms with Crippen LogP contribution in [-0.4, -0.2) is 33.0 Å². The number of hydrogen-bond acceptors (Lipinski definition) is 4. The summed E-state index contributed by atoms with van der Waals surface area (Å²) < 4.78 is 6.79. The van der Waals surface area contributed by atoms with Crippen molar-refractivity contribution in [1.82, 2.24) is 14.8 Å². The monoisotopic (exact) mass is 289 g/mol. The third kappa shape index (κ3) is 3.11. The fraction of sp³-hybridized carbons (Fsp3) is 0.400. The maximum Gasteiger partial charge on any atom is 0.375 e. The first-order valence-corrected chi connectivity index (χ1v) is 6.62. The molecule has 2 rings (SSSR count). The number of carboxylic acids is 1. The van der Waals surface area contributed by atoms with E-state index in [2.05, 4.69) is 10.1 Å². The number of hydrogen-bond donors (Lipinski definition) is 1. The largest absolute Gasteiger partial charge is 0.475 e. The lowest BCUT2D eigenvalue weighted by atomic mass is 9.95. The molecule has 1 aromatic carbocycles. The highest BCUT2D eigenvalue weighted by Crippen LogP contribution is 2.25. The molecule has 2 aromatic rings. The molecule has 0 saturated heterocycles. The maximum atomic E-state index is 11.2. The van der Waals surface area contributed by atoms with Gasteiger partial charge in [0, 0.05) is 18.1 Å². The molecule has 0 fully saturated rings. The number of carbonyl (C=O) groups is 1. The number of methoxy groups -OCH3 is 1. The van der Waals surface area contributed by atoms with Gasteiger partial charge in [-0.25, -0.2) is 14.5 Å². The molecule has 1 heterocycles. The van der Waals surface area contributed by atoms with Gasteiger partial charge in [0.25, 0.3) is 5.82 Å². The van der Waals surface area contributed by atoms with Gasteiger partial charge in [0.05, 0.1) is 12.3 Å². The molecule has 1 aromatic heterocycles. The summed E-state index contributed by atoms with van der Waals surface area (Å²) in [6.07, 6.45) is 0. The second kappa shape index (κ2) is 5.65. The maximum absolute atomic E-state index is 11.2. The molecule has 0 unspecified atom stereocenters. The molecular formula is C15H19N3O3. The Hall–Kier alpha value is -2.21. The summed E-state index contributed by atoms with van der Waals surface area (Å²) in [6.45, 7) is 6.33. The van der Waals surface area contributed by atoms with Crippen molar-refractivity contribution >= 4 is 5.97 Å². The van der Waals surface area contributed by atoms with Gasteiger partial charge in [0.15, 0.2) is 0 Å². The SMILES string of the molecule is COCc1ccccc1-n1nc(C(=O)O)nc1C(C)(C)C. The van der Waals surface area contributed by atoms with Crippen molar-refractivity contribution in [3.8, 4) is 5.69 Å². The molecule has 6 heteroatoms. The Bertz CT molecular complexity index is 656. The van der Waals surface area contributed by atoms with Crippen molar-refractivity contribution in [2.45, 2.75) is 32.8 Å². The van der Waals surface area contributed by atoms with Gasteiger partial charge in [-0.2, -0.15) is 0 Å². The van der Waals surface area contributed by atoms with Gasteiger partial charge in [-0.05, 0) is 6.07 Å². The Morgan fingerprint density at radius 3 is 2.57 bits per heavy atom. The molecule has 0 amide bonds. The van der Waals surface area contributed by atoms with E-state index in [1.807, 2.05) is 45.0 Å². The Kier molecular flexibility index (Phi) is 4.09. The van der Waals surface area contributed by atoms with Crippen molar-refractivity contribution in [3.05, 3.63) is 41.5 Å². The van der Waals surface area contributed by atoms with Crippen molar-refractivity contribution < 1.29 is 14.6 Å². The van der Waals surface area contributed by atoms with Crippen LogP contribution in [0.2, 0.25) is 0 Å². The molecule has 0 aliphatic heterocycles. The highest BCUT2D eigenvalue weighted by molar-refractivity contribution is 5.83. The van der Waals surface area contributed by atoms with E-state index in [1.54, 1.807) is 11.8 Å². The summed E-state index contributed by atoms with van der Waals surface area (Å²) in [6, 6.07) is 7.59. The Balaban J connectivity index is 2.65. The zero-order valence-electron chi connectivity index (χ0n) is 12.6. The van der Waals surface area contributed by atoms with Crippen LogP contribution in [0.1, 0.15) is 42.8 Å². The number of ether oxygens (including phenoxy) is 1. The normalized spacial score (nSPS) is 11.6. The van der Waals surface area contributed by atoms with Crippen molar-refractivity contribution in [2.75, 3.05) is 7.11 Å². The van der Waals surface area contributed by atoms with Crippen LogP contribution in [0, 0.1) is 0 Å². The first kappa shape index (κ1) is 15.2. The first-order chi connectivity index (χ1) is 9.84. The van der Waals surface area contributed by atoms with Gasteiger partial charge < -0.3 is 9.84 Å². The molecule has 112 valence electrons. The van der Waals surface area contributed by atoms with Gasteiger partial charge in [0.2, 0.25) is 0 Å². The molecule has 0 bridgehead atoms. The number of benzene rings is 1. The Morgan fingerprint density at radius 2 is 2.00 bits per heavy atom. The quantitative estimate of drug-likeness (QED) is 0.935. The van der Waals surface area contributed by atoms with Crippen LogP contribution >= 0.6 is 0 Å². The summed E-state index contributed by atoms with van der Waals surface area (Å²) in [4.78, 5) is 15.3. The fourth-order valence-electron chi connectivity index (χ4n) is 2.05. The van der Waals surface area contributed by atoms with E-state index in [1.165, 1.54) is 0 Å². The first-order valence-electron chi connectivity index (χ1n) is 6.62. The summed E-state index contributed by atoms with van der Waals surface area (Å²) in [7, 11) is 1.62. The number of aromatic nitrogens is 3. The number of rotatable bonds is 4. The molecule has 0 spiro atoms. The third-order valence-electron chi connectivity index (χ3n) is 2.99. The average molecular weight is 289 g/mol. The minimum absolute atomic E-state index is 0.202. The highest BCUT2D eigenvalue weighted by Gasteiger charge is 2.26. The number of carboxylic acid groups (broad SMARTS) is 1. The van der Waals surface area contributed by atoms with Crippen LogP contribution in [0.3, 0.4) is 0 Å².